The van der Waals surface area contributed by atoms with Gasteiger partial charge in [-0.1, -0.05) is 42.2 Å². The molecule has 3 aromatic rings. The normalized spacial score (nSPS) is 9.88. The molecule has 3 nitrogen and oxygen atoms in total. The zero-order valence-electron chi connectivity index (χ0n) is 14.0. The molecule has 0 saturated carbocycles. The second-order valence-electron chi connectivity index (χ2n) is 5.53. The first kappa shape index (κ1) is 17.7. The summed E-state index contributed by atoms with van der Waals surface area (Å²) in [4.78, 5) is 13.0. The standard InChI is InChI=1S/C21H17FN2OS/c22-20-9-2-1-6-17(20)14-24-21(25)15-23-18-7-3-5-16(13-18)10-11-19-8-4-12-26-19/h1-9,12-13,23H,14-15H2,(H,24,25). The Bertz CT molecular complexity index is 942. The molecule has 130 valence electrons. The summed E-state index contributed by atoms with van der Waals surface area (Å²) < 4.78 is 13.5. The number of carbonyl (C=O) groups is 1. The molecule has 0 fully saturated rings. The fraction of sp³-hybridized carbons (Fsp3) is 0.0952. The van der Waals surface area contributed by atoms with Crippen LogP contribution in [0.2, 0.25) is 0 Å². The number of thiophene rings is 1. The first-order chi connectivity index (χ1) is 12.7. The van der Waals surface area contributed by atoms with Crippen LogP contribution in [0.4, 0.5) is 10.1 Å². The van der Waals surface area contributed by atoms with Crippen molar-refractivity contribution in [3.63, 3.8) is 0 Å². The zero-order chi connectivity index (χ0) is 18.2. The molecule has 0 bridgehead atoms. The Morgan fingerprint density at radius 1 is 1.04 bits per heavy atom. The zero-order valence-corrected chi connectivity index (χ0v) is 14.8. The van der Waals surface area contributed by atoms with Crippen molar-refractivity contribution in [2.45, 2.75) is 6.54 Å². The number of nitrogens with one attached hydrogen (secondary N) is 2. The summed E-state index contributed by atoms with van der Waals surface area (Å²) in [6.45, 7) is 0.274. The molecule has 0 saturated heterocycles. The highest BCUT2D eigenvalue weighted by Crippen LogP contribution is 2.11. The lowest BCUT2D eigenvalue weighted by atomic mass is 10.2. The number of hydrogen-bond donors (Lipinski definition) is 2. The van der Waals surface area contributed by atoms with Gasteiger partial charge in [0.2, 0.25) is 5.91 Å². The molecule has 0 atom stereocenters. The number of halogens is 1. The minimum Gasteiger partial charge on any atom is -0.376 e. The van der Waals surface area contributed by atoms with Crippen LogP contribution in [0.25, 0.3) is 0 Å². The highest BCUT2D eigenvalue weighted by atomic mass is 32.1. The van der Waals surface area contributed by atoms with E-state index in [-0.39, 0.29) is 24.8 Å². The lowest BCUT2D eigenvalue weighted by Crippen LogP contribution is -2.29. The maximum absolute atomic E-state index is 13.5. The van der Waals surface area contributed by atoms with Crippen LogP contribution in [0.1, 0.15) is 16.0 Å². The van der Waals surface area contributed by atoms with E-state index in [4.69, 9.17) is 0 Å². The molecule has 1 aromatic heterocycles. The quantitative estimate of drug-likeness (QED) is 0.672. The molecule has 2 aromatic carbocycles. The third-order valence-corrected chi connectivity index (χ3v) is 4.39. The van der Waals surface area contributed by atoms with Gasteiger partial charge in [-0.15, -0.1) is 11.3 Å². The van der Waals surface area contributed by atoms with Crippen LogP contribution in [0, 0.1) is 17.7 Å². The molecule has 5 heteroatoms. The number of amides is 1. The average Bonchev–Trinajstić information content (AvgIpc) is 3.18. The number of benzene rings is 2. The van der Waals surface area contributed by atoms with Gasteiger partial charge in [-0.25, -0.2) is 4.39 Å². The Labute approximate surface area is 155 Å². The van der Waals surface area contributed by atoms with E-state index in [1.807, 2.05) is 41.8 Å². The third-order valence-electron chi connectivity index (χ3n) is 3.60. The van der Waals surface area contributed by atoms with E-state index in [0.29, 0.717) is 5.56 Å². The van der Waals surface area contributed by atoms with Crippen molar-refractivity contribution in [2.24, 2.45) is 0 Å². The van der Waals surface area contributed by atoms with E-state index < -0.39 is 0 Å². The van der Waals surface area contributed by atoms with Crippen LogP contribution in [0.15, 0.2) is 66.0 Å². The largest absolute Gasteiger partial charge is 0.376 e. The van der Waals surface area contributed by atoms with E-state index in [1.165, 1.54) is 6.07 Å². The summed E-state index contributed by atoms with van der Waals surface area (Å²) in [6, 6.07) is 17.9. The van der Waals surface area contributed by atoms with Crippen molar-refractivity contribution in [3.05, 3.63) is 87.9 Å². The van der Waals surface area contributed by atoms with Crippen molar-refractivity contribution in [1.29, 1.82) is 0 Å². The van der Waals surface area contributed by atoms with Gasteiger partial charge >= 0.3 is 0 Å². The summed E-state index contributed by atoms with van der Waals surface area (Å²) in [5.41, 5.74) is 2.14. The lowest BCUT2D eigenvalue weighted by Gasteiger charge is -2.08. The predicted octanol–water partition coefficient (Wildman–Crippen LogP) is 4.02. The fourth-order valence-electron chi connectivity index (χ4n) is 2.27. The number of hydrogen-bond acceptors (Lipinski definition) is 3. The van der Waals surface area contributed by atoms with Crippen LogP contribution in [0.3, 0.4) is 0 Å². The van der Waals surface area contributed by atoms with Gasteiger partial charge in [-0.05, 0) is 35.7 Å². The Morgan fingerprint density at radius 3 is 2.73 bits per heavy atom. The maximum atomic E-state index is 13.5. The molecular weight excluding hydrogens is 347 g/mol. The molecule has 26 heavy (non-hydrogen) atoms. The van der Waals surface area contributed by atoms with Gasteiger partial charge in [0.1, 0.15) is 5.82 Å². The number of anilines is 1. The average molecular weight is 364 g/mol. The summed E-state index contributed by atoms with van der Waals surface area (Å²) in [6.07, 6.45) is 0. The summed E-state index contributed by atoms with van der Waals surface area (Å²) in [5, 5.41) is 7.75. The van der Waals surface area contributed by atoms with E-state index in [9.17, 15) is 9.18 Å². The minimum atomic E-state index is -0.322. The lowest BCUT2D eigenvalue weighted by molar-refractivity contribution is -0.119. The Morgan fingerprint density at radius 2 is 1.92 bits per heavy atom. The first-order valence-corrected chi connectivity index (χ1v) is 8.98. The topological polar surface area (TPSA) is 41.1 Å². The van der Waals surface area contributed by atoms with Gasteiger partial charge in [0, 0.05) is 23.4 Å². The molecule has 3 rings (SSSR count). The van der Waals surface area contributed by atoms with Crippen LogP contribution >= 0.6 is 11.3 Å². The monoisotopic (exact) mass is 364 g/mol. The molecule has 0 aliphatic rings. The van der Waals surface area contributed by atoms with Crippen LogP contribution in [-0.4, -0.2) is 12.5 Å². The maximum Gasteiger partial charge on any atom is 0.239 e. The third kappa shape index (κ3) is 5.20. The molecule has 2 N–H and O–H groups in total. The van der Waals surface area contributed by atoms with Crippen molar-refractivity contribution in [3.8, 4) is 11.8 Å². The molecule has 0 radical (unpaired) electrons. The Kier molecular flexibility index (Phi) is 6.02. The molecule has 0 aliphatic carbocycles. The second-order valence-corrected chi connectivity index (χ2v) is 6.48. The summed E-state index contributed by atoms with van der Waals surface area (Å²) in [5.74, 6) is 5.68. The van der Waals surface area contributed by atoms with Crippen molar-refractivity contribution >= 4 is 22.9 Å². The van der Waals surface area contributed by atoms with Gasteiger partial charge in [-0.2, -0.15) is 0 Å². The Balaban J connectivity index is 1.52. The smallest absolute Gasteiger partial charge is 0.239 e. The molecule has 1 amide bonds. The summed E-state index contributed by atoms with van der Waals surface area (Å²) in [7, 11) is 0. The van der Waals surface area contributed by atoms with E-state index in [1.54, 1.807) is 29.5 Å². The highest BCUT2D eigenvalue weighted by Gasteiger charge is 2.04. The fourth-order valence-corrected chi connectivity index (χ4v) is 2.84. The van der Waals surface area contributed by atoms with Crippen LogP contribution < -0.4 is 10.6 Å². The Hall–Kier alpha value is -3.10. The number of carbonyl (C=O) groups excluding carboxylic acids is 1. The molecule has 0 aliphatic heterocycles. The van der Waals surface area contributed by atoms with E-state index in [2.05, 4.69) is 22.5 Å². The molecule has 1 heterocycles. The first-order valence-electron chi connectivity index (χ1n) is 8.10. The van der Waals surface area contributed by atoms with Gasteiger partial charge in [0.25, 0.3) is 0 Å². The van der Waals surface area contributed by atoms with Crippen molar-refractivity contribution in [2.75, 3.05) is 11.9 Å². The molecule has 0 spiro atoms. The van der Waals surface area contributed by atoms with Crippen molar-refractivity contribution < 1.29 is 9.18 Å². The summed E-state index contributed by atoms with van der Waals surface area (Å²) >= 11 is 1.60. The second kappa shape index (κ2) is 8.84. The van der Waals surface area contributed by atoms with E-state index in [0.717, 1.165) is 16.1 Å². The van der Waals surface area contributed by atoms with Crippen LogP contribution in [0.5, 0.6) is 0 Å². The highest BCUT2D eigenvalue weighted by molar-refractivity contribution is 7.10. The van der Waals surface area contributed by atoms with E-state index >= 15 is 0 Å². The van der Waals surface area contributed by atoms with Crippen LogP contribution in [-0.2, 0) is 11.3 Å². The number of rotatable bonds is 5. The molecule has 0 unspecified atom stereocenters. The van der Waals surface area contributed by atoms with Gasteiger partial charge in [-0.3, -0.25) is 4.79 Å². The van der Waals surface area contributed by atoms with Gasteiger partial charge in [0.05, 0.1) is 11.4 Å². The molecular formula is C21H17FN2OS. The van der Waals surface area contributed by atoms with Gasteiger partial charge in [0.15, 0.2) is 0 Å². The minimum absolute atomic E-state index is 0.107. The predicted molar refractivity (Wildman–Crippen MR) is 103 cm³/mol. The SMILES string of the molecule is O=C(CNc1cccc(C#Cc2cccs2)c1)NCc1ccccc1F. The van der Waals surface area contributed by atoms with Crippen molar-refractivity contribution in [1.82, 2.24) is 5.32 Å². The van der Waals surface area contributed by atoms with Gasteiger partial charge < -0.3 is 10.6 Å².